The van der Waals surface area contributed by atoms with E-state index in [1.165, 1.54) is 6.07 Å². The van der Waals surface area contributed by atoms with Crippen LogP contribution in [0.3, 0.4) is 0 Å². The third-order valence-electron chi connectivity index (χ3n) is 3.22. The summed E-state index contributed by atoms with van der Waals surface area (Å²) in [6.45, 7) is 0. The molecule has 2 nitrogen and oxygen atoms in total. The van der Waals surface area contributed by atoms with Crippen LogP contribution in [0.15, 0.2) is 59.2 Å². The van der Waals surface area contributed by atoms with Crippen molar-refractivity contribution in [3.8, 4) is 0 Å². The molecule has 0 saturated heterocycles. The number of rotatable bonds is 2. The number of aliphatic hydroxyl groups is 1. The zero-order valence-electron chi connectivity index (χ0n) is 10.4. The second-order valence-electron chi connectivity index (χ2n) is 4.49. The van der Waals surface area contributed by atoms with Crippen molar-refractivity contribution in [3.63, 3.8) is 0 Å². The van der Waals surface area contributed by atoms with Gasteiger partial charge in [0.25, 0.3) is 0 Å². The molecule has 0 bridgehead atoms. The summed E-state index contributed by atoms with van der Waals surface area (Å²) < 4.78 is 14.6. The number of benzene rings is 2. The number of fused-ring (bicyclic) bond motifs is 1. The van der Waals surface area contributed by atoms with Crippen LogP contribution in [-0.2, 0) is 0 Å². The fourth-order valence-electron chi connectivity index (χ4n) is 2.24. The number of para-hydroxylation sites is 1. The Morgan fingerprint density at radius 3 is 2.65 bits per heavy atom. The zero-order valence-corrected chi connectivity index (χ0v) is 12.0. The van der Waals surface area contributed by atoms with E-state index in [2.05, 4.69) is 20.9 Å². The van der Waals surface area contributed by atoms with Gasteiger partial charge in [0, 0.05) is 27.2 Å². The third-order valence-corrected chi connectivity index (χ3v) is 3.71. The van der Waals surface area contributed by atoms with E-state index in [-0.39, 0.29) is 5.56 Å². The number of hydrogen-bond donors (Lipinski definition) is 1. The first kappa shape index (κ1) is 13.2. The average molecular weight is 332 g/mol. The Hall–Kier alpha value is -1.78. The monoisotopic (exact) mass is 331 g/mol. The van der Waals surface area contributed by atoms with E-state index in [0.29, 0.717) is 15.6 Å². The molecule has 3 rings (SSSR count). The Morgan fingerprint density at radius 2 is 1.85 bits per heavy atom. The first-order valence-electron chi connectivity index (χ1n) is 6.13. The fourth-order valence-corrected chi connectivity index (χ4v) is 2.57. The summed E-state index contributed by atoms with van der Waals surface area (Å²) >= 11 is 3.21. The average Bonchev–Trinajstić information content (AvgIpc) is 2.46. The van der Waals surface area contributed by atoms with Gasteiger partial charge in [-0.2, -0.15) is 0 Å². The summed E-state index contributed by atoms with van der Waals surface area (Å²) in [4.78, 5) is 4.28. The van der Waals surface area contributed by atoms with Crippen LogP contribution in [0.2, 0.25) is 0 Å². The van der Waals surface area contributed by atoms with Gasteiger partial charge in [-0.1, -0.05) is 46.3 Å². The first-order chi connectivity index (χ1) is 9.66. The number of pyridine rings is 1. The van der Waals surface area contributed by atoms with Gasteiger partial charge >= 0.3 is 0 Å². The zero-order chi connectivity index (χ0) is 14.1. The third kappa shape index (κ3) is 2.32. The number of halogens is 2. The Labute approximate surface area is 124 Å². The van der Waals surface area contributed by atoms with Gasteiger partial charge in [0.15, 0.2) is 0 Å². The highest BCUT2D eigenvalue weighted by Crippen LogP contribution is 2.30. The highest BCUT2D eigenvalue weighted by atomic mass is 79.9. The molecule has 0 spiro atoms. The minimum atomic E-state index is -1.04. The van der Waals surface area contributed by atoms with Gasteiger partial charge in [0.05, 0.1) is 5.52 Å². The van der Waals surface area contributed by atoms with Gasteiger partial charge < -0.3 is 5.11 Å². The lowest BCUT2D eigenvalue weighted by Crippen LogP contribution is -2.04. The predicted octanol–water partition coefficient (Wildman–Crippen LogP) is 4.22. The lowest BCUT2D eigenvalue weighted by Gasteiger charge is -2.14. The Balaban J connectivity index is 2.15. The molecule has 2 aromatic carbocycles. The molecule has 20 heavy (non-hydrogen) atoms. The van der Waals surface area contributed by atoms with E-state index >= 15 is 0 Å². The molecule has 0 aliphatic heterocycles. The Bertz CT molecular complexity index is 770. The van der Waals surface area contributed by atoms with Crippen LogP contribution < -0.4 is 0 Å². The minimum Gasteiger partial charge on any atom is -0.383 e. The molecular formula is C16H11BrFNO. The normalized spacial score (nSPS) is 12.6. The van der Waals surface area contributed by atoms with Gasteiger partial charge in [-0.05, 0) is 18.2 Å². The van der Waals surface area contributed by atoms with Crippen LogP contribution in [0.25, 0.3) is 10.9 Å². The molecule has 1 atom stereocenters. The van der Waals surface area contributed by atoms with Gasteiger partial charge in [0.1, 0.15) is 11.9 Å². The second-order valence-corrected chi connectivity index (χ2v) is 5.41. The summed E-state index contributed by atoms with van der Waals surface area (Å²) in [7, 11) is 0. The summed E-state index contributed by atoms with van der Waals surface area (Å²) in [6, 6.07) is 13.9. The van der Waals surface area contributed by atoms with E-state index in [9.17, 15) is 9.50 Å². The van der Waals surface area contributed by atoms with Crippen LogP contribution in [0.4, 0.5) is 4.39 Å². The van der Waals surface area contributed by atoms with Crippen molar-refractivity contribution in [2.45, 2.75) is 6.10 Å². The van der Waals surface area contributed by atoms with Crippen molar-refractivity contribution in [3.05, 3.63) is 76.1 Å². The molecule has 100 valence electrons. The topological polar surface area (TPSA) is 33.1 Å². The maximum atomic E-state index is 14.0. The lowest BCUT2D eigenvalue weighted by molar-refractivity contribution is 0.216. The van der Waals surface area contributed by atoms with Crippen molar-refractivity contribution in [2.24, 2.45) is 0 Å². The molecule has 3 aromatic rings. The van der Waals surface area contributed by atoms with Gasteiger partial charge in [-0.15, -0.1) is 0 Å². The first-order valence-corrected chi connectivity index (χ1v) is 6.93. The fraction of sp³-hybridized carbons (Fsp3) is 0.0625. The highest BCUT2D eigenvalue weighted by Gasteiger charge is 2.17. The molecule has 0 aliphatic carbocycles. The van der Waals surface area contributed by atoms with Crippen LogP contribution >= 0.6 is 15.9 Å². The maximum absolute atomic E-state index is 14.0. The predicted molar refractivity (Wildman–Crippen MR) is 79.9 cm³/mol. The molecule has 1 aromatic heterocycles. The van der Waals surface area contributed by atoms with Crippen LogP contribution in [0.5, 0.6) is 0 Å². The number of aliphatic hydroxyl groups excluding tert-OH is 1. The smallest absolute Gasteiger partial charge is 0.130 e. The van der Waals surface area contributed by atoms with Gasteiger partial charge in [-0.25, -0.2) is 4.39 Å². The molecule has 0 radical (unpaired) electrons. The van der Waals surface area contributed by atoms with Crippen LogP contribution in [-0.4, -0.2) is 10.1 Å². The Kier molecular flexibility index (Phi) is 3.51. The summed E-state index contributed by atoms with van der Waals surface area (Å²) in [6.07, 6.45) is 0.623. The molecular weight excluding hydrogens is 321 g/mol. The van der Waals surface area contributed by atoms with Crippen molar-refractivity contribution in [1.82, 2.24) is 4.98 Å². The maximum Gasteiger partial charge on any atom is 0.130 e. The van der Waals surface area contributed by atoms with E-state index in [1.54, 1.807) is 24.4 Å². The van der Waals surface area contributed by atoms with E-state index in [1.807, 2.05) is 24.3 Å². The second kappa shape index (κ2) is 5.31. The standard InChI is InChI=1S/C16H11BrFNO/c17-11-6-7-12(14(18)9-11)16(20)13-5-1-3-10-4-2-8-19-15(10)13/h1-9,16,20H. The van der Waals surface area contributed by atoms with E-state index in [0.717, 1.165) is 5.39 Å². The molecule has 1 N–H and O–H groups in total. The summed E-state index contributed by atoms with van der Waals surface area (Å²) in [5.74, 6) is -0.445. The van der Waals surface area contributed by atoms with E-state index in [4.69, 9.17) is 0 Å². The lowest BCUT2D eigenvalue weighted by atomic mass is 9.98. The summed E-state index contributed by atoms with van der Waals surface area (Å²) in [5.41, 5.74) is 1.53. The van der Waals surface area contributed by atoms with Gasteiger partial charge in [0.2, 0.25) is 0 Å². The van der Waals surface area contributed by atoms with Crippen LogP contribution in [0.1, 0.15) is 17.2 Å². The quantitative estimate of drug-likeness (QED) is 0.762. The largest absolute Gasteiger partial charge is 0.383 e. The Morgan fingerprint density at radius 1 is 1.05 bits per heavy atom. The molecule has 0 saturated carbocycles. The SMILES string of the molecule is OC(c1ccc(Br)cc1F)c1cccc2cccnc12. The van der Waals surface area contributed by atoms with Crippen molar-refractivity contribution >= 4 is 26.8 Å². The van der Waals surface area contributed by atoms with Crippen LogP contribution in [0, 0.1) is 5.82 Å². The molecule has 0 amide bonds. The minimum absolute atomic E-state index is 0.242. The van der Waals surface area contributed by atoms with Gasteiger partial charge in [-0.3, -0.25) is 4.98 Å². The van der Waals surface area contributed by atoms with Crippen molar-refractivity contribution < 1.29 is 9.50 Å². The number of hydrogen-bond acceptors (Lipinski definition) is 2. The number of nitrogens with zero attached hydrogens (tertiary/aromatic N) is 1. The highest BCUT2D eigenvalue weighted by molar-refractivity contribution is 9.10. The van der Waals surface area contributed by atoms with E-state index < -0.39 is 11.9 Å². The summed E-state index contributed by atoms with van der Waals surface area (Å²) in [5, 5.41) is 11.4. The van der Waals surface area contributed by atoms with Crippen molar-refractivity contribution in [1.29, 1.82) is 0 Å². The molecule has 1 unspecified atom stereocenters. The van der Waals surface area contributed by atoms with Crippen molar-refractivity contribution in [2.75, 3.05) is 0 Å². The molecule has 0 aliphatic rings. The number of aromatic nitrogens is 1. The molecule has 4 heteroatoms. The molecule has 1 heterocycles. The molecule has 0 fully saturated rings.